The molecular weight excluding hydrogens is 469 g/mol. The van der Waals surface area contributed by atoms with Gasteiger partial charge in [0.1, 0.15) is 22.9 Å². The number of benzene rings is 2. The predicted octanol–water partition coefficient (Wildman–Crippen LogP) is 6.24. The third kappa shape index (κ3) is 3.96. The number of nitrogens with one attached hydrogen (secondary N) is 1. The van der Waals surface area contributed by atoms with Crippen molar-refractivity contribution in [3.63, 3.8) is 0 Å². The Hall–Kier alpha value is -3.78. The molecule has 0 spiro atoms. The van der Waals surface area contributed by atoms with Crippen LogP contribution in [0.1, 0.15) is 54.5 Å². The number of H-pyrrole nitrogens is 1. The van der Waals surface area contributed by atoms with Crippen molar-refractivity contribution in [1.29, 1.82) is 0 Å². The molecule has 7 nitrogen and oxygen atoms in total. The molecule has 0 aliphatic carbocycles. The van der Waals surface area contributed by atoms with E-state index in [4.69, 9.17) is 19.4 Å². The van der Waals surface area contributed by atoms with Gasteiger partial charge in [-0.15, -0.1) is 0 Å². The van der Waals surface area contributed by atoms with Crippen LogP contribution in [0.5, 0.6) is 5.75 Å². The Labute approximate surface area is 214 Å². The smallest absolute Gasteiger partial charge is 0.127 e. The van der Waals surface area contributed by atoms with Gasteiger partial charge in [0.2, 0.25) is 0 Å². The second-order valence-electron chi connectivity index (χ2n) is 9.82. The molecule has 3 aromatic heterocycles. The van der Waals surface area contributed by atoms with Crippen LogP contribution >= 0.6 is 0 Å². The van der Waals surface area contributed by atoms with Crippen molar-refractivity contribution in [3.05, 3.63) is 71.2 Å². The van der Waals surface area contributed by atoms with Gasteiger partial charge in [-0.25, -0.2) is 9.37 Å². The summed E-state index contributed by atoms with van der Waals surface area (Å²) in [4.78, 5) is 9.94. The van der Waals surface area contributed by atoms with Crippen molar-refractivity contribution in [2.45, 2.75) is 45.6 Å². The number of aryl methyl sites for hydroxylation is 2. The first-order chi connectivity index (χ1) is 18.0. The highest BCUT2D eigenvalue weighted by Gasteiger charge is 2.27. The first-order valence-electron chi connectivity index (χ1n) is 12.7. The van der Waals surface area contributed by atoms with Gasteiger partial charge in [0.25, 0.3) is 0 Å². The Morgan fingerprint density at radius 2 is 1.86 bits per heavy atom. The summed E-state index contributed by atoms with van der Waals surface area (Å²) in [5, 5.41) is 8.42. The van der Waals surface area contributed by atoms with E-state index in [1.165, 1.54) is 12.1 Å². The molecule has 1 N–H and O–H groups in total. The lowest BCUT2D eigenvalue weighted by atomic mass is 9.98. The van der Waals surface area contributed by atoms with Crippen LogP contribution in [-0.4, -0.2) is 45.1 Å². The average Bonchev–Trinajstić information content (AvgIpc) is 3.48. The number of methoxy groups -OCH3 is 1. The van der Waals surface area contributed by atoms with Crippen molar-refractivity contribution in [2.24, 2.45) is 0 Å². The summed E-state index contributed by atoms with van der Waals surface area (Å²) in [7, 11) is 1.69. The maximum Gasteiger partial charge on any atom is 0.127 e. The number of halogens is 1. The number of ether oxygens (including phenoxy) is 2. The molecule has 6 rings (SSSR count). The van der Waals surface area contributed by atoms with Crippen LogP contribution in [0.3, 0.4) is 0 Å². The van der Waals surface area contributed by atoms with Crippen LogP contribution in [0.4, 0.5) is 4.39 Å². The fourth-order valence-electron chi connectivity index (χ4n) is 5.66. The SMILES string of the molecule is COc1cc2c(cc1-c1c(C)n[nH]c1C)ncc1nc(C3CCOCC3)n([C@H](C)c3ccc(F)cc3)c12. The number of hydrogen-bond donors (Lipinski definition) is 1. The minimum absolute atomic E-state index is 0.0573. The van der Waals surface area contributed by atoms with Gasteiger partial charge in [0.05, 0.1) is 36.1 Å². The molecule has 1 aliphatic rings. The van der Waals surface area contributed by atoms with Crippen LogP contribution in [0.25, 0.3) is 33.1 Å². The summed E-state index contributed by atoms with van der Waals surface area (Å²) < 4.78 is 27.6. The Balaban J connectivity index is 1.63. The van der Waals surface area contributed by atoms with E-state index in [-0.39, 0.29) is 17.8 Å². The minimum atomic E-state index is -0.243. The second kappa shape index (κ2) is 9.27. The zero-order chi connectivity index (χ0) is 25.7. The van der Waals surface area contributed by atoms with Crippen molar-refractivity contribution < 1.29 is 13.9 Å². The summed E-state index contributed by atoms with van der Waals surface area (Å²) in [6.45, 7) is 7.58. The second-order valence-corrected chi connectivity index (χ2v) is 9.82. The number of pyridine rings is 1. The zero-order valence-corrected chi connectivity index (χ0v) is 21.5. The summed E-state index contributed by atoms with van der Waals surface area (Å²) in [5.74, 6) is 1.81. The molecule has 2 aromatic carbocycles. The number of rotatable bonds is 5. The van der Waals surface area contributed by atoms with Gasteiger partial charge in [-0.2, -0.15) is 5.10 Å². The molecule has 1 aliphatic heterocycles. The number of nitrogens with zero attached hydrogens (tertiary/aromatic N) is 4. The van der Waals surface area contributed by atoms with E-state index in [1.54, 1.807) is 7.11 Å². The molecular formula is C29H30FN5O2. The summed E-state index contributed by atoms with van der Waals surface area (Å²) in [5.41, 5.74) is 7.59. The maximum absolute atomic E-state index is 13.8. The van der Waals surface area contributed by atoms with Gasteiger partial charge >= 0.3 is 0 Å². The highest BCUT2D eigenvalue weighted by molar-refractivity contribution is 6.05. The molecule has 37 heavy (non-hydrogen) atoms. The fraction of sp³-hybridized carbons (Fsp3) is 0.345. The van der Waals surface area contributed by atoms with Crippen molar-refractivity contribution in [2.75, 3.05) is 20.3 Å². The van der Waals surface area contributed by atoms with Crippen molar-refractivity contribution in [1.82, 2.24) is 24.7 Å². The van der Waals surface area contributed by atoms with E-state index in [0.717, 1.165) is 87.6 Å². The number of aromatic nitrogens is 5. The summed E-state index contributed by atoms with van der Waals surface area (Å²) >= 11 is 0. The maximum atomic E-state index is 13.8. The number of fused-ring (bicyclic) bond motifs is 3. The number of imidazole rings is 1. The van der Waals surface area contributed by atoms with Crippen molar-refractivity contribution in [3.8, 4) is 16.9 Å². The largest absolute Gasteiger partial charge is 0.496 e. The third-order valence-electron chi connectivity index (χ3n) is 7.59. The first-order valence-corrected chi connectivity index (χ1v) is 12.7. The van der Waals surface area contributed by atoms with E-state index < -0.39 is 0 Å². The van der Waals surface area contributed by atoms with Gasteiger partial charge < -0.3 is 14.0 Å². The lowest BCUT2D eigenvalue weighted by Crippen LogP contribution is -2.20. The van der Waals surface area contributed by atoms with Gasteiger partial charge in [0, 0.05) is 41.3 Å². The molecule has 8 heteroatoms. The fourth-order valence-corrected chi connectivity index (χ4v) is 5.66. The van der Waals surface area contributed by atoms with E-state index in [9.17, 15) is 4.39 Å². The van der Waals surface area contributed by atoms with Gasteiger partial charge in [-0.05, 0) is 63.4 Å². The molecule has 0 radical (unpaired) electrons. The number of hydrogen-bond acceptors (Lipinski definition) is 5. The topological polar surface area (TPSA) is 77.8 Å². The molecule has 190 valence electrons. The van der Waals surface area contributed by atoms with Crippen LogP contribution in [0.2, 0.25) is 0 Å². The van der Waals surface area contributed by atoms with Crippen molar-refractivity contribution >= 4 is 21.9 Å². The molecule has 1 fully saturated rings. The molecule has 4 heterocycles. The highest BCUT2D eigenvalue weighted by Crippen LogP contribution is 2.41. The minimum Gasteiger partial charge on any atom is -0.496 e. The Bertz CT molecular complexity index is 1580. The predicted molar refractivity (Wildman–Crippen MR) is 142 cm³/mol. The van der Waals surface area contributed by atoms with E-state index in [2.05, 4.69) is 33.8 Å². The van der Waals surface area contributed by atoms with E-state index in [0.29, 0.717) is 0 Å². The molecule has 1 atom stereocenters. The van der Waals surface area contributed by atoms with Crippen LogP contribution in [0, 0.1) is 19.7 Å². The highest BCUT2D eigenvalue weighted by atomic mass is 19.1. The normalized spacial score (nSPS) is 15.5. The van der Waals surface area contributed by atoms with Crippen LogP contribution in [0.15, 0.2) is 42.6 Å². The van der Waals surface area contributed by atoms with Gasteiger partial charge in [-0.3, -0.25) is 10.1 Å². The Morgan fingerprint density at radius 3 is 2.54 bits per heavy atom. The molecule has 0 amide bonds. The molecule has 5 aromatic rings. The van der Waals surface area contributed by atoms with Gasteiger partial charge in [-0.1, -0.05) is 12.1 Å². The van der Waals surface area contributed by atoms with E-state index >= 15 is 0 Å². The monoisotopic (exact) mass is 499 g/mol. The quantitative estimate of drug-likeness (QED) is 0.310. The average molecular weight is 500 g/mol. The lowest BCUT2D eigenvalue weighted by molar-refractivity contribution is 0.0828. The standard InChI is InChI=1S/C29H30FN5O2/c1-16-27(17(2)34-33-16)23-13-24-22(14-26(23)36-4)28-25(15-31-24)32-29(20-9-11-37-12-10-20)35(28)18(3)19-5-7-21(30)8-6-19/h5-8,13-15,18,20H,9-12H2,1-4H3,(H,33,34)/t18-/m1/s1. The third-order valence-corrected chi connectivity index (χ3v) is 7.59. The molecule has 0 unspecified atom stereocenters. The lowest BCUT2D eigenvalue weighted by Gasteiger charge is -2.26. The molecule has 1 saturated heterocycles. The van der Waals surface area contributed by atoms with Crippen LogP contribution < -0.4 is 4.74 Å². The van der Waals surface area contributed by atoms with E-state index in [1.807, 2.05) is 32.2 Å². The number of aromatic amines is 1. The Morgan fingerprint density at radius 1 is 1.11 bits per heavy atom. The summed E-state index contributed by atoms with van der Waals surface area (Å²) in [6.07, 6.45) is 3.69. The molecule has 0 bridgehead atoms. The summed E-state index contributed by atoms with van der Waals surface area (Å²) in [6, 6.07) is 10.8. The Kier molecular flexibility index (Phi) is 5.91. The van der Waals surface area contributed by atoms with Crippen LogP contribution in [-0.2, 0) is 4.74 Å². The zero-order valence-electron chi connectivity index (χ0n) is 21.5. The molecule has 0 saturated carbocycles. The van der Waals surface area contributed by atoms with Gasteiger partial charge in [0.15, 0.2) is 0 Å². The first kappa shape index (κ1) is 23.6.